The zero-order chi connectivity index (χ0) is 21.8. The molecule has 1 heterocycles. The van der Waals surface area contributed by atoms with Gasteiger partial charge in [-0.1, -0.05) is 11.6 Å². The number of carbonyl (C=O) groups is 1. The van der Waals surface area contributed by atoms with Gasteiger partial charge in [-0.05, 0) is 42.7 Å². The van der Waals surface area contributed by atoms with Gasteiger partial charge in [0.15, 0.2) is 23.1 Å². The molecule has 3 rings (SSSR count). The van der Waals surface area contributed by atoms with Gasteiger partial charge in [-0.25, -0.2) is 22.7 Å². The van der Waals surface area contributed by atoms with Gasteiger partial charge in [0.25, 0.3) is 0 Å². The van der Waals surface area contributed by atoms with Gasteiger partial charge >= 0.3 is 0 Å². The normalized spacial score (nSPS) is 12.0. The minimum atomic E-state index is -2.19. The second kappa shape index (κ2) is 9.32. The van der Waals surface area contributed by atoms with E-state index in [9.17, 15) is 17.8 Å². The zero-order valence-electron chi connectivity index (χ0n) is 15.2. The van der Waals surface area contributed by atoms with Crippen LogP contribution >= 0.6 is 11.6 Å². The molecule has 0 aliphatic carbocycles. The summed E-state index contributed by atoms with van der Waals surface area (Å²) in [7, 11) is 0. The molecule has 0 amide bonds. The largest absolute Gasteiger partial charge is 0.294 e. The second-order valence-corrected chi connectivity index (χ2v) is 7.33. The Balaban J connectivity index is 1.97. The summed E-state index contributed by atoms with van der Waals surface area (Å²) in [5, 5.41) is 8.71. The number of aryl methyl sites for hydroxylation is 1. The first-order valence-corrected chi connectivity index (χ1v) is 10.0. The zero-order valence-corrected chi connectivity index (χ0v) is 16.7. The molecule has 30 heavy (non-hydrogen) atoms. The van der Waals surface area contributed by atoms with Crippen molar-refractivity contribution in [2.24, 2.45) is 0 Å². The first kappa shape index (κ1) is 21.9. The molecule has 0 bridgehead atoms. The molecule has 0 fully saturated rings. The summed E-state index contributed by atoms with van der Waals surface area (Å²) in [4.78, 5) is 21.0. The molecular formula is C19H13ClF2N4O3S. The number of benzene rings is 2. The number of halogens is 3. The van der Waals surface area contributed by atoms with Crippen LogP contribution in [-0.4, -0.2) is 31.1 Å². The number of carbonyl (C=O) groups excluding carboxylic acids is 1. The van der Waals surface area contributed by atoms with E-state index in [0.717, 1.165) is 6.07 Å². The highest BCUT2D eigenvalue weighted by atomic mass is 35.5. The van der Waals surface area contributed by atoms with E-state index in [0.29, 0.717) is 11.9 Å². The molecule has 0 aliphatic heterocycles. The lowest BCUT2D eigenvalue weighted by Crippen LogP contribution is -2.18. The Morgan fingerprint density at radius 3 is 2.77 bits per heavy atom. The molecule has 2 aromatic carbocycles. The fourth-order valence-electron chi connectivity index (χ4n) is 2.83. The van der Waals surface area contributed by atoms with Crippen LogP contribution in [0.3, 0.4) is 0 Å². The smallest absolute Gasteiger partial charge is 0.231 e. The number of nitrogens with zero attached hydrogens (tertiary/aromatic N) is 3. The van der Waals surface area contributed by atoms with Crippen molar-refractivity contribution < 1.29 is 22.3 Å². The molecule has 2 N–H and O–H groups in total. The number of nitriles is 1. The van der Waals surface area contributed by atoms with Crippen LogP contribution in [0.5, 0.6) is 0 Å². The predicted octanol–water partition coefficient (Wildman–Crippen LogP) is 3.32. The SMILES string of the molecule is N#Cc1cnc2ccc(C(=O)c3c(F)c(F)cc(CCCNS(=O)O)c3Cl)cc2n1. The molecule has 11 heteroatoms. The Kier molecular flexibility index (Phi) is 6.79. The minimum Gasteiger partial charge on any atom is -0.294 e. The van der Waals surface area contributed by atoms with Crippen molar-refractivity contribution in [2.45, 2.75) is 12.8 Å². The number of rotatable bonds is 7. The third-order valence-electron chi connectivity index (χ3n) is 4.23. The quantitative estimate of drug-likeness (QED) is 0.247. The average molecular weight is 451 g/mol. The van der Waals surface area contributed by atoms with Crippen molar-refractivity contribution in [2.75, 3.05) is 6.54 Å². The molecule has 1 aromatic heterocycles. The molecule has 1 unspecified atom stereocenters. The van der Waals surface area contributed by atoms with Crippen LogP contribution in [0.4, 0.5) is 8.78 Å². The van der Waals surface area contributed by atoms with Gasteiger partial charge in [-0.15, -0.1) is 0 Å². The molecule has 154 valence electrons. The van der Waals surface area contributed by atoms with Gasteiger partial charge in [0.05, 0.1) is 27.8 Å². The van der Waals surface area contributed by atoms with Crippen LogP contribution in [0.15, 0.2) is 30.5 Å². The molecular weight excluding hydrogens is 438 g/mol. The Morgan fingerprint density at radius 1 is 1.30 bits per heavy atom. The number of fused-ring (bicyclic) bond motifs is 1. The molecule has 0 radical (unpaired) electrons. The van der Waals surface area contributed by atoms with Gasteiger partial charge in [-0.3, -0.25) is 14.3 Å². The fourth-order valence-corrected chi connectivity index (χ4v) is 3.46. The van der Waals surface area contributed by atoms with Crippen molar-refractivity contribution in [3.63, 3.8) is 0 Å². The van der Waals surface area contributed by atoms with Crippen molar-refractivity contribution >= 4 is 39.7 Å². The van der Waals surface area contributed by atoms with E-state index in [1.165, 1.54) is 24.4 Å². The Hall–Kier alpha value is -2.84. The van der Waals surface area contributed by atoms with Gasteiger partial charge < -0.3 is 0 Å². The van der Waals surface area contributed by atoms with E-state index in [1.807, 2.05) is 6.07 Å². The van der Waals surface area contributed by atoms with Crippen LogP contribution in [0, 0.1) is 23.0 Å². The molecule has 0 saturated heterocycles. The summed E-state index contributed by atoms with van der Waals surface area (Å²) in [6, 6.07) is 6.92. The van der Waals surface area contributed by atoms with Crippen LogP contribution in [0.2, 0.25) is 5.02 Å². The van der Waals surface area contributed by atoms with Crippen molar-refractivity contribution in [1.82, 2.24) is 14.7 Å². The minimum absolute atomic E-state index is 0.00147. The van der Waals surface area contributed by atoms with Gasteiger partial charge in [-0.2, -0.15) is 5.26 Å². The van der Waals surface area contributed by atoms with Crippen molar-refractivity contribution in [3.8, 4) is 6.07 Å². The molecule has 0 aliphatic rings. The maximum atomic E-state index is 14.5. The summed E-state index contributed by atoms with van der Waals surface area (Å²) < 4.78 is 50.2. The lowest BCUT2D eigenvalue weighted by molar-refractivity contribution is 0.103. The van der Waals surface area contributed by atoms with Gasteiger partial charge in [0.2, 0.25) is 11.3 Å². The number of nitrogens with one attached hydrogen (secondary N) is 1. The number of hydrogen-bond donors (Lipinski definition) is 2. The van der Waals surface area contributed by atoms with Gasteiger partial charge in [0, 0.05) is 12.1 Å². The lowest BCUT2D eigenvalue weighted by atomic mass is 9.98. The standard InChI is InChI=1S/C19H13ClF2N4O3S/c20-17-10(2-1-5-25-30(28)29)6-13(21)18(22)16(17)19(27)11-3-4-14-15(7-11)26-12(8-23)9-24-14/h3-4,6-7,9,25H,1-2,5H2,(H,28,29). The first-order chi connectivity index (χ1) is 14.3. The molecule has 0 spiro atoms. The van der Waals surface area contributed by atoms with E-state index in [1.54, 1.807) is 0 Å². The fraction of sp³-hybridized carbons (Fsp3) is 0.158. The monoisotopic (exact) mass is 450 g/mol. The molecule has 0 saturated carbocycles. The topological polar surface area (TPSA) is 116 Å². The summed E-state index contributed by atoms with van der Waals surface area (Å²) in [6.45, 7) is 0.131. The Morgan fingerprint density at radius 2 is 2.07 bits per heavy atom. The molecule has 7 nitrogen and oxygen atoms in total. The second-order valence-electron chi connectivity index (χ2n) is 6.17. The highest BCUT2D eigenvalue weighted by Crippen LogP contribution is 2.30. The maximum Gasteiger partial charge on any atom is 0.231 e. The number of hydrogen-bond acceptors (Lipinski definition) is 5. The number of aromatic nitrogens is 2. The molecule has 3 aromatic rings. The van der Waals surface area contributed by atoms with E-state index in [2.05, 4.69) is 14.7 Å². The summed E-state index contributed by atoms with van der Waals surface area (Å²) in [5.41, 5.74) is 0.288. The van der Waals surface area contributed by atoms with Crippen LogP contribution in [0.25, 0.3) is 11.0 Å². The van der Waals surface area contributed by atoms with Crippen LogP contribution in [-0.2, 0) is 17.7 Å². The van der Waals surface area contributed by atoms with E-state index >= 15 is 0 Å². The van der Waals surface area contributed by atoms with E-state index < -0.39 is 34.2 Å². The third-order valence-corrected chi connectivity index (χ3v) is 5.11. The van der Waals surface area contributed by atoms with Crippen LogP contribution < -0.4 is 4.72 Å². The first-order valence-electron chi connectivity index (χ1n) is 8.54. The van der Waals surface area contributed by atoms with Crippen LogP contribution in [0.1, 0.15) is 33.6 Å². The summed E-state index contributed by atoms with van der Waals surface area (Å²) >= 11 is 4.02. The molecule has 1 atom stereocenters. The maximum absolute atomic E-state index is 14.5. The predicted molar refractivity (Wildman–Crippen MR) is 106 cm³/mol. The third kappa shape index (κ3) is 4.66. The summed E-state index contributed by atoms with van der Waals surface area (Å²) in [6.07, 6.45) is 1.73. The van der Waals surface area contributed by atoms with Gasteiger partial charge in [0.1, 0.15) is 6.07 Å². The number of ketones is 1. The highest BCUT2D eigenvalue weighted by Gasteiger charge is 2.24. The van der Waals surface area contributed by atoms with E-state index in [4.69, 9.17) is 21.4 Å². The lowest BCUT2D eigenvalue weighted by Gasteiger charge is -2.12. The highest BCUT2D eigenvalue weighted by molar-refractivity contribution is 7.77. The van der Waals surface area contributed by atoms with Crippen molar-refractivity contribution in [1.29, 1.82) is 5.26 Å². The average Bonchev–Trinajstić information content (AvgIpc) is 2.73. The summed E-state index contributed by atoms with van der Waals surface area (Å²) in [5.74, 6) is -3.46. The van der Waals surface area contributed by atoms with E-state index in [-0.39, 0.29) is 40.3 Å². The van der Waals surface area contributed by atoms with Crippen molar-refractivity contribution in [3.05, 3.63) is 69.5 Å². The Bertz CT molecular complexity index is 1220. The Labute approximate surface area is 177 Å².